The van der Waals surface area contributed by atoms with Gasteiger partial charge in [-0.1, -0.05) is 0 Å². The van der Waals surface area contributed by atoms with E-state index in [-0.39, 0.29) is 5.54 Å². The maximum Gasteiger partial charge on any atom is 0.0107 e. The summed E-state index contributed by atoms with van der Waals surface area (Å²) in [5.74, 6) is 0. The number of hydrogen-bond acceptors (Lipinski definition) is 2. The first kappa shape index (κ1) is 10.0. The lowest BCUT2D eigenvalue weighted by molar-refractivity contribution is 0.312. The highest BCUT2D eigenvalue weighted by molar-refractivity contribution is 4.73. The first-order valence-corrected chi connectivity index (χ1v) is 5.05. The molecule has 0 radical (unpaired) electrons. The molecule has 0 aromatic heterocycles. The van der Waals surface area contributed by atoms with Crippen molar-refractivity contribution in [3.63, 3.8) is 0 Å². The molecule has 0 saturated carbocycles. The van der Waals surface area contributed by atoms with Gasteiger partial charge >= 0.3 is 0 Å². The second-order valence-electron chi connectivity index (χ2n) is 4.73. The van der Waals surface area contributed by atoms with Crippen molar-refractivity contribution in [3.05, 3.63) is 0 Å². The Labute approximate surface area is 76.3 Å². The zero-order valence-electron chi connectivity index (χ0n) is 8.69. The molecule has 1 aliphatic rings. The molecule has 1 N–H and O–H groups in total. The molecule has 0 aromatic rings. The Balaban J connectivity index is 2.02. The molecule has 0 unspecified atom stereocenters. The van der Waals surface area contributed by atoms with Gasteiger partial charge in [0, 0.05) is 18.6 Å². The van der Waals surface area contributed by atoms with Crippen LogP contribution in [-0.2, 0) is 0 Å². The smallest absolute Gasteiger partial charge is 0.0107 e. The van der Waals surface area contributed by atoms with Crippen LogP contribution in [0.4, 0.5) is 0 Å². The van der Waals surface area contributed by atoms with E-state index in [0.29, 0.717) is 0 Å². The van der Waals surface area contributed by atoms with E-state index in [1.165, 1.54) is 32.5 Å². The van der Waals surface area contributed by atoms with Crippen molar-refractivity contribution in [1.29, 1.82) is 0 Å². The second-order valence-corrected chi connectivity index (χ2v) is 4.73. The van der Waals surface area contributed by atoms with Crippen LogP contribution in [0.25, 0.3) is 0 Å². The quantitative estimate of drug-likeness (QED) is 0.690. The van der Waals surface area contributed by atoms with Gasteiger partial charge in [0.1, 0.15) is 0 Å². The van der Waals surface area contributed by atoms with Crippen LogP contribution in [-0.4, -0.2) is 36.6 Å². The van der Waals surface area contributed by atoms with E-state index in [0.717, 1.165) is 6.54 Å². The van der Waals surface area contributed by atoms with E-state index in [9.17, 15) is 0 Å². The molecule has 1 rings (SSSR count). The SMILES string of the molecule is CC(C)(C)NCCN1CCCC1. The molecule has 2 nitrogen and oxygen atoms in total. The molecule has 1 saturated heterocycles. The molecule has 0 atom stereocenters. The molecule has 0 aromatic carbocycles. The molecule has 0 amide bonds. The fourth-order valence-electron chi connectivity index (χ4n) is 1.60. The molecule has 12 heavy (non-hydrogen) atoms. The highest BCUT2D eigenvalue weighted by atomic mass is 15.2. The van der Waals surface area contributed by atoms with Crippen molar-refractivity contribution in [1.82, 2.24) is 10.2 Å². The normalized spacial score (nSPS) is 20.2. The molecular formula is C10H22N2. The molecule has 1 aliphatic heterocycles. The van der Waals surface area contributed by atoms with E-state index >= 15 is 0 Å². The number of hydrogen-bond donors (Lipinski definition) is 1. The van der Waals surface area contributed by atoms with Crippen LogP contribution in [0.1, 0.15) is 33.6 Å². The molecular weight excluding hydrogens is 148 g/mol. The van der Waals surface area contributed by atoms with Gasteiger partial charge in [-0.3, -0.25) is 0 Å². The number of rotatable bonds is 3. The fourth-order valence-corrected chi connectivity index (χ4v) is 1.60. The van der Waals surface area contributed by atoms with E-state index in [1.54, 1.807) is 0 Å². The third kappa shape index (κ3) is 4.07. The summed E-state index contributed by atoms with van der Waals surface area (Å²) in [5, 5.41) is 3.51. The fraction of sp³-hybridized carbons (Fsp3) is 1.00. The van der Waals surface area contributed by atoms with Gasteiger partial charge in [-0.05, 0) is 46.7 Å². The monoisotopic (exact) mass is 170 g/mol. The molecule has 1 heterocycles. The summed E-state index contributed by atoms with van der Waals surface area (Å²) in [6.07, 6.45) is 2.80. The Bertz CT molecular complexity index is 120. The predicted octanol–water partition coefficient (Wildman–Crippen LogP) is 1.47. The first-order chi connectivity index (χ1) is 5.58. The third-order valence-corrected chi connectivity index (χ3v) is 2.28. The summed E-state index contributed by atoms with van der Waals surface area (Å²) in [5.41, 5.74) is 0.278. The lowest BCUT2D eigenvalue weighted by Gasteiger charge is -2.23. The van der Waals surface area contributed by atoms with Crippen molar-refractivity contribution < 1.29 is 0 Å². The van der Waals surface area contributed by atoms with Gasteiger partial charge in [0.2, 0.25) is 0 Å². The van der Waals surface area contributed by atoms with Crippen LogP contribution in [0.5, 0.6) is 0 Å². The molecule has 0 bridgehead atoms. The van der Waals surface area contributed by atoms with Crippen molar-refractivity contribution in [2.45, 2.75) is 39.2 Å². The Morgan fingerprint density at radius 3 is 2.25 bits per heavy atom. The number of nitrogens with zero attached hydrogens (tertiary/aromatic N) is 1. The second kappa shape index (κ2) is 4.24. The van der Waals surface area contributed by atoms with Crippen LogP contribution in [0.3, 0.4) is 0 Å². The third-order valence-electron chi connectivity index (χ3n) is 2.28. The average molecular weight is 170 g/mol. The van der Waals surface area contributed by atoms with Crippen LogP contribution >= 0.6 is 0 Å². The molecule has 72 valence electrons. The molecule has 2 heteroatoms. The Morgan fingerprint density at radius 2 is 1.75 bits per heavy atom. The summed E-state index contributed by atoms with van der Waals surface area (Å²) >= 11 is 0. The highest BCUT2D eigenvalue weighted by Gasteiger charge is 2.12. The van der Waals surface area contributed by atoms with Gasteiger partial charge < -0.3 is 10.2 Å². The Morgan fingerprint density at radius 1 is 1.17 bits per heavy atom. The summed E-state index contributed by atoms with van der Waals surface area (Å²) in [7, 11) is 0. The summed E-state index contributed by atoms with van der Waals surface area (Å²) in [4.78, 5) is 2.54. The van der Waals surface area contributed by atoms with Crippen molar-refractivity contribution in [2.24, 2.45) is 0 Å². The number of likely N-dealkylation sites (tertiary alicyclic amines) is 1. The van der Waals surface area contributed by atoms with Crippen molar-refractivity contribution in [3.8, 4) is 0 Å². The van der Waals surface area contributed by atoms with Gasteiger partial charge in [-0.25, -0.2) is 0 Å². The lowest BCUT2D eigenvalue weighted by Crippen LogP contribution is -2.40. The lowest BCUT2D eigenvalue weighted by atomic mass is 10.1. The zero-order valence-corrected chi connectivity index (χ0v) is 8.69. The summed E-state index contributed by atoms with van der Waals surface area (Å²) in [6.45, 7) is 11.6. The predicted molar refractivity (Wildman–Crippen MR) is 53.4 cm³/mol. The maximum atomic E-state index is 3.51. The average Bonchev–Trinajstić information content (AvgIpc) is 2.36. The van der Waals surface area contributed by atoms with Gasteiger partial charge in [-0.2, -0.15) is 0 Å². The van der Waals surface area contributed by atoms with Gasteiger partial charge in [0.25, 0.3) is 0 Å². The van der Waals surface area contributed by atoms with Crippen LogP contribution < -0.4 is 5.32 Å². The minimum atomic E-state index is 0.278. The van der Waals surface area contributed by atoms with E-state index in [4.69, 9.17) is 0 Å². The minimum Gasteiger partial charge on any atom is -0.311 e. The topological polar surface area (TPSA) is 15.3 Å². The zero-order chi connectivity index (χ0) is 9.03. The van der Waals surface area contributed by atoms with E-state index in [1.807, 2.05) is 0 Å². The van der Waals surface area contributed by atoms with Gasteiger partial charge in [-0.15, -0.1) is 0 Å². The van der Waals surface area contributed by atoms with Crippen LogP contribution in [0, 0.1) is 0 Å². The first-order valence-electron chi connectivity index (χ1n) is 5.05. The molecule has 1 fully saturated rings. The van der Waals surface area contributed by atoms with Crippen LogP contribution in [0.15, 0.2) is 0 Å². The Kier molecular flexibility index (Phi) is 3.53. The maximum absolute atomic E-state index is 3.51. The largest absolute Gasteiger partial charge is 0.311 e. The van der Waals surface area contributed by atoms with E-state index in [2.05, 4.69) is 31.0 Å². The highest BCUT2D eigenvalue weighted by Crippen LogP contribution is 2.06. The van der Waals surface area contributed by atoms with Gasteiger partial charge in [0.05, 0.1) is 0 Å². The minimum absolute atomic E-state index is 0.278. The molecule has 0 spiro atoms. The standard InChI is InChI=1S/C10H22N2/c1-10(2,3)11-6-9-12-7-4-5-8-12/h11H,4-9H2,1-3H3. The molecule has 0 aliphatic carbocycles. The Hall–Kier alpha value is -0.0800. The van der Waals surface area contributed by atoms with E-state index < -0.39 is 0 Å². The summed E-state index contributed by atoms with van der Waals surface area (Å²) in [6, 6.07) is 0. The van der Waals surface area contributed by atoms with Crippen molar-refractivity contribution in [2.75, 3.05) is 26.2 Å². The van der Waals surface area contributed by atoms with Crippen LogP contribution in [0.2, 0.25) is 0 Å². The summed E-state index contributed by atoms with van der Waals surface area (Å²) < 4.78 is 0. The number of nitrogens with one attached hydrogen (secondary N) is 1. The van der Waals surface area contributed by atoms with Gasteiger partial charge in [0.15, 0.2) is 0 Å². The van der Waals surface area contributed by atoms with Crippen molar-refractivity contribution >= 4 is 0 Å².